The molecule has 0 radical (unpaired) electrons. The molecule has 10 heavy (non-hydrogen) atoms. The molecular weight excluding hydrogens is 198 g/mol. The van der Waals surface area contributed by atoms with Crippen LogP contribution < -0.4 is 0 Å². The van der Waals surface area contributed by atoms with Crippen LogP contribution >= 0.6 is 0 Å². The molecule has 0 aromatic heterocycles. The summed E-state index contributed by atoms with van der Waals surface area (Å²) < 4.78 is 0. The van der Waals surface area contributed by atoms with Gasteiger partial charge in [0.15, 0.2) is 0 Å². The molecule has 0 aliphatic heterocycles. The number of unbranched alkanes of at least 4 members (excludes halogenated alkanes) is 1. The molecule has 0 saturated carbocycles. The van der Waals surface area contributed by atoms with Gasteiger partial charge < -0.3 is 4.79 Å². The van der Waals surface area contributed by atoms with Crippen LogP contribution in [-0.4, -0.2) is 64.5 Å². The van der Waals surface area contributed by atoms with Crippen LogP contribution in [0.2, 0.25) is 0 Å². The summed E-state index contributed by atoms with van der Waals surface area (Å²) in [6.07, 6.45) is 5.55. The van der Waals surface area contributed by atoms with Crippen LogP contribution in [0.3, 0.4) is 0 Å². The van der Waals surface area contributed by atoms with Crippen molar-refractivity contribution in [3.8, 4) is 0 Å². The Morgan fingerprint density at radius 2 is 2.00 bits per heavy atom. The van der Waals surface area contributed by atoms with Crippen LogP contribution in [0.25, 0.3) is 0 Å². The summed E-state index contributed by atoms with van der Waals surface area (Å²) in [5, 5.41) is 0. The van der Waals surface area contributed by atoms with Gasteiger partial charge >= 0.3 is 58.2 Å². The summed E-state index contributed by atoms with van der Waals surface area (Å²) in [4.78, 5) is 10.2. The molecule has 0 aliphatic carbocycles. The Kier molecular flexibility index (Phi) is 14.7. The molecule has 0 aromatic rings. The average Bonchev–Trinajstić information content (AvgIpc) is 1.91. The fraction of sp³-hybridized carbons (Fsp3) is 0.875. The Morgan fingerprint density at radius 1 is 1.40 bits per heavy atom. The van der Waals surface area contributed by atoms with Gasteiger partial charge in [-0.3, -0.25) is 0 Å². The van der Waals surface area contributed by atoms with E-state index in [1.165, 1.54) is 12.8 Å². The fourth-order valence-corrected chi connectivity index (χ4v) is 0.835. The summed E-state index contributed by atoms with van der Waals surface area (Å²) in [5.41, 5.74) is 0. The van der Waals surface area contributed by atoms with Crippen LogP contribution in [0.4, 0.5) is 0 Å². The van der Waals surface area contributed by atoms with Crippen molar-refractivity contribution in [1.29, 1.82) is 0 Å². The van der Waals surface area contributed by atoms with Crippen LogP contribution in [0.1, 0.15) is 39.5 Å². The molecule has 0 spiro atoms. The molecule has 0 N–H and O–H groups in total. The molecule has 0 aliphatic rings. The van der Waals surface area contributed by atoms with Crippen LogP contribution in [0.15, 0.2) is 0 Å². The maximum absolute atomic E-state index is 10.2. The molecule has 56 valence electrons. The first-order chi connectivity index (χ1) is 4.35. The van der Waals surface area contributed by atoms with E-state index in [1.807, 2.05) is 0 Å². The molecular formula is C8H17ORb. The molecule has 0 bridgehead atoms. The van der Waals surface area contributed by atoms with E-state index >= 15 is 0 Å². The van der Waals surface area contributed by atoms with Crippen molar-refractivity contribution in [2.45, 2.75) is 39.5 Å². The summed E-state index contributed by atoms with van der Waals surface area (Å²) in [6.45, 7) is 4.21. The van der Waals surface area contributed by atoms with Gasteiger partial charge in [-0.15, -0.1) is 0 Å². The summed E-state index contributed by atoms with van der Waals surface area (Å²) in [5.74, 6) is 0.324. The van der Waals surface area contributed by atoms with Crippen molar-refractivity contribution >= 4 is 64.5 Å². The summed E-state index contributed by atoms with van der Waals surface area (Å²) in [6, 6.07) is 0. The molecule has 2 heteroatoms. The second kappa shape index (κ2) is 10.5. The monoisotopic (exact) mass is 214 g/mol. The van der Waals surface area contributed by atoms with E-state index in [0.29, 0.717) is 5.92 Å². The summed E-state index contributed by atoms with van der Waals surface area (Å²) in [7, 11) is 0. The Balaban J connectivity index is 0. The molecule has 1 unspecified atom stereocenters. The molecule has 0 aromatic carbocycles. The quantitative estimate of drug-likeness (QED) is 0.638. The SMILES string of the molecule is CCCCC(C=O)CC.[RbH]. The van der Waals surface area contributed by atoms with Gasteiger partial charge in [0.05, 0.1) is 0 Å². The second-order valence-corrected chi connectivity index (χ2v) is 2.45. The van der Waals surface area contributed by atoms with Gasteiger partial charge in [-0.25, -0.2) is 0 Å². The van der Waals surface area contributed by atoms with E-state index in [1.54, 1.807) is 0 Å². The topological polar surface area (TPSA) is 17.1 Å². The Bertz CT molecular complexity index is 73.7. The van der Waals surface area contributed by atoms with Crippen molar-refractivity contribution in [3.63, 3.8) is 0 Å². The van der Waals surface area contributed by atoms with Gasteiger partial charge in [0.25, 0.3) is 0 Å². The first kappa shape index (κ1) is 14.0. The number of hydrogen-bond acceptors (Lipinski definition) is 1. The zero-order chi connectivity index (χ0) is 7.11. The number of aldehydes is 1. The molecule has 0 heterocycles. The van der Waals surface area contributed by atoms with Crippen LogP contribution in [0.5, 0.6) is 0 Å². The van der Waals surface area contributed by atoms with E-state index < -0.39 is 0 Å². The molecule has 0 rings (SSSR count). The van der Waals surface area contributed by atoms with Crippen LogP contribution in [0, 0.1) is 5.92 Å². The Morgan fingerprint density at radius 3 is 2.30 bits per heavy atom. The average molecular weight is 215 g/mol. The minimum absolute atomic E-state index is 0. The summed E-state index contributed by atoms with van der Waals surface area (Å²) >= 11 is 0. The third kappa shape index (κ3) is 7.58. The van der Waals surface area contributed by atoms with E-state index in [2.05, 4.69) is 13.8 Å². The van der Waals surface area contributed by atoms with Gasteiger partial charge in [0.1, 0.15) is 6.29 Å². The third-order valence-corrected chi connectivity index (χ3v) is 1.65. The van der Waals surface area contributed by atoms with Gasteiger partial charge in [-0.2, -0.15) is 0 Å². The predicted octanol–water partition coefficient (Wildman–Crippen LogP) is 1.75. The number of carbonyl (C=O) groups is 1. The standard InChI is InChI=1S/C8H16O.Rb.H/c1-3-5-6-8(4-2)7-9;;/h7-8H,3-6H2,1-2H3;;. The van der Waals surface area contributed by atoms with E-state index in [-0.39, 0.29) is 58.2 Å². The van der Waals surface area contributed by atoms with Crippen molar-refractivity contribution in [2.24, 2.45) is 5.92 Å². The van der Waals surface area contributed by atoms with Gasteiger partial charge in [-0.05, 0) is 12.8 Å². The third-order valence-electron chi connectivity index (χ3n) is 1.65. The normalized spacial score (nSPS) is 11.8. The maximum atomic E-state index is 10.2. The Hall–Kier alpha value is 1.48. The molecule has 1 atom stereocenters. The second-order valence-electron chi connectivity index (χ2n) is 2.45. The van der Waals surface area contributed by atoms with Gasteiger partial charge in [0, 0.05) is 5.92 Å². The number of hydrogen-bond donors (Lipinski definition) is 0. The predicted molar refractivity (Wildman–Crippen MR) is 46.5 cm³/mol. The number of carbonyl (C=O) groups excluding carboxylic acids is 1. The van der Waals surface area contributed by atoms with E-state index in [9.17, 15) is 4.79 Å². The van der Waals surface area contributed by atoms with Crippen LogP contribution in [-0.2, 0) is 4.79 Å². The van der Waals surface area contributed by atoms with Gasteiger partial charge in [0.2, 0.25) is 0 Å². The molecule has 0 amide bonds. The zero-order valence-corrected chi connectivity index (χ0v) is 6.39. The van der Waals surface area contributed by atoms with E-state index in [0.717, 1.165) is 19.1 Å². The number of rotatable bonds is 5. The minimum atomic E-state index is 0. The van der Waals surface area contributed by atoms with Crippen molar-refractivity contribution in [3.05, 3.63) is 0 Å². The zero-order valence-electron chi connectivity index (χ0n) is 6.39. The molecule has 1 nitrogen and oxygen atoms in total. The van der Waals surface area contributed by atoms with Crippen molar-refractivity contribution < 1.29 is 4.79 Å². The molecule has 0 saturated heterocycles. The first-order valence-electron chi connectivity index (χ1n) is 3.80. The van der Waals surface area contributed by atoms with Gasteiger partial charge in [-0.1, -0.05) is 26.7 Å². The van der Waals surface area contributed by atoms with Crippen molar-refractivity contribution in [2.75, 3.05) is 0 Å². The fourth-order valence-electron chi connectivity index (χ4n) is 0.835. The Labute approximate surface area is 113 Å². The first-order valence-corrected chi connectivity index (χ1v) is 3.80. The van der Waals surface area contributed by atoms with Crippen molar-refractivity contribution in [1.82, 2.24) is 0 Å². The molecule has 0 fully saturated rings. The van der Waals surface area contributed by atoms with E-state index in [4.69, 9.17) is 0 Å².